The average molecular weight is 353 g/mol. The summed E-state index contributed by atoms with van der Waals surface area (Å²) in [5, 5.41) is 11.1. The molecule has 6 nitrogen and oxygen atoms in total. The Balaban J connectivity index is 1.69. The number of nitro groups is 1. The molecule has 136 valence electrons. The second kappa shape index (κ2) is 7.56. The number of anilines is 1. The van der Waals surface area contributed by atoms with Gasteiger partial charge in [0.25, 0.3) is 11.6 Å². The van der Waals surface area contributed by atoms with Crippen LogP contribution in [0.1, 0.15) is 28.4 Å². The van der Waals surface area contributed by atoms with Crippen molar-refractivity contribution in [2.45, 2.75) is 20.3 Å². The van der Waals surface area contributed by atoms with Gasteiger partial charge in [-0.25, -0.2) is 0 Å². The van der Waals surface area contributed by atoms with Crippen LogP contribution in [0.4, 0.5) is 11.4 Å². The molecule has 0 aromatic heterocycles. The van der Waals surface area contributed by atoms with Crippen molar-refractivity contribution in [1.29, 1.82) is 0 Å². The van der Waals surface area contributed by atoms with Crippen LogP contribution in [-0.4, -0.2) is 41.9 Å². The number of nitro benzene ring substituents is 1. The molecule has 2 aromatic rings. The van der Waals surface area contributed by atoms with Crippen LogP contribution in [-0.2, 0) is 6.42 Å². The predicted octanol–water partition coefficient (Wildman–Crippen LogP) is 3.43. The van der Waals surface area contributed by atoms with Gasteiger partial charge in [0, 0.05) is 49.1 Å². The molecule has 1 aliphatic heterocycles. The van der Waals surface area contributed by atoms with E-state index in [2.05, 4.69) is 36.1 Å². The van der Waals surface area contributed by atoms with Crippen LogP contribution in [0.15, 0.2) is 42.5 Å². The molecule has 0 aliphatic carbocycles. The Hall–Kier alpha value is -2.89. The van der Waals surface area contributed by atoms with Crippen LogP contribution < -0.4 is 4.90 Å². The monoisotopic (exact) mass is 353 g/mol. The van der Waals surface area contributed by atoms with E-state index in [4.69, 9.17) is 0 Å². The van der Waals surface area contributed by atoms with Crippen molar-refractivity contribution >= 4 is 17.3 Å². The van der Waals surface area contributed by atoms with E-state index in [0.29, 0.717) is 24.2 Å². The number of amides is 1. The highest BCUT2D eigenvalue weighted by atomic mass is 16.6. The molecule has 0 bridgehead atoms. The van der Waals surface area contributed by atoms with Crippen LogP contribution in [0.5, 0.6) is 0 Å². The number of benzene rings is 2. The number of piperazine rings is 1. The van der Waals surface area contributed by atoms with E-state index in [1.165, 1.54) is 17.3 Å². The lowest BCUT2D eigenvalue weighted by Crippen LogP contribution is -2.49. The highest BCUT2D eigenvalue weighted by molar-refractivity contribution is 5.96. The fourth-order valence-corrected chi connectivity index (χ4v) is 3.33. The van der Waals surface area contributed by atoms with Crippen molar-refractivity contribution in [2.75, 3.05) is 31.1 Å². The summed E-state index contributed by atoms with van der Waals surface area (Å²) in [6.45, 7) is 6.50. The molecule has 2 aromatic carbocycles. The largest absolute Gasteiger partial charge is 0.368 e. The predicted molar refractivity (Wildman–Crippen MR) is 102 cm³/mol. The molecule has 26 heavy (non-hydrogen) atoms. The summed E-state index contributed by atoms with van der Waals surface area (Å²) >= 11 is 0. The first-order valence-electron chi connectivity index (χ1n) is 8.88. The molecular formula is C20H23N3O3. The number of hydrogen-bond donors (Lipinski definition) is 0. The van der Waals surface area contributed by atoms with E-state index in [1.807, 2.05) is 0 Å². The van der Waals surface area contributed by atoms with Crippen LogP contribution >= 0.6 is 0 Å². The summed E-state index contributed by atoms with van der Waals surface area (Å²) in [5.74, 6) is -0.132. The molecule has 3 rings (SSSR count). The maximum absolute atomic E-state index is 12.8. The fraction of sp³-hybridized carbons (Fsp3) is 0.350. The Morgan fingerprint density at radius 3 is 2.31 bits per heavy atom. The average Bonchev–Trinajstić information content (AvgIpc) is 2.67. The highest BCUT2D eigenvalue weighted by Crippen LogP contribution is 2.23. The molecule has 1 fully saturated rings. The second-order valence-corrected chi connectivity index (χ2v) is 6.51. The van der Waals surface area contributed by atoms with E-state index in [0.717, 1.165) is 19.5 Å². The normalized spacial score (nSPS) is 14.4. The third kappa shape index (κ3) is 3.54. The zero-order valence-corrected chi connectivity index (χ0v) is 15.1. The van der Waals surface area contributed by atoms with E-state index < -0.39 is 4.92 Å². The van der Waals surface area contributed by atoms with Gasteiger partial charge in [0.05, 0.1) is 4.92 Å². The van der Waals surface area contributed by atoms with Crippen molar-refractivity contribution < 1.29 is 9.72 Å². The van der Waals surface area contributed by atoms with Crippen molar-refractivity contribution in [2.24, 2.45) is 0 Å². The Bertz CT molecular complexity index is 810. The van der Waals surface area contributed by atoms with Crippen LogP contribution in [0.25, 0.3) is 0 Å². The minimum atomic E-state index is -0.440. The van der Waals surface area contributed by atoms with Crippen molar-refractivity contribution in [3.05, 3.63) is 69.3 Å². The van der Waals surface area contributed by atoms with Crippen LogP contribution in [0.2, 0.25) is 0 Å². The number of aryl methyl sites for hydroxylation is 1. The Kier molecular flexibility index (Phi) is 5.21. The van der Waals surface area contributed by atoms with Crippen molar-refractivity contribution in [3.63, 3.8) is 0 Å². The topological polar surface area (TPSA) is 66.7 Å². The SMILES string of the molecule is CCc1ccc(N2CCN(C(=O)c3cccc([N+](=O)[O-])c3C)CC2)cc1. The van der Waals surface area contributed by atoms with Gasteiger partial charge >= 0.3 is 0 Å². The van der Waals surface area contributed by atoms with E-state index in [-0.39, 0.29) is 11.6 Å². The Labute approximate surface area is 153 Å². The summed E-state index contributed by atoms with van der Waals surface area (Å²) < 4.78 is 0. The van der Waals surface area contributed by atoms with Gasteiger partial charge in [0.2, 0.25) is 0 Å². The lowest BCUT2D eigenvalue weighted by atomic mass is 10.1. The quantitative estimate of drug-likeness (QED) is 0.624. The van der Waals surface area contributed by atoms with Crippen molar-refractivity contribution in [3.8, 4) is 0 Å². The molecule has 0 radical (unpaired) electrons. The molecule has 0 N–H and O–H groups in total. The van der Waals surface area contributed by atoms with Crippen LogP contribution in [0.3, 0.4) is 0 Å². The van der Waals surface area contributed by atoms with Gasteiger partial charge in [-0.2, -0.15) is 0 Å². The number of carbonyl (C=O) groups excluding carboxylic acids is 1. The van der Waals surface area contributed by atoms with Gasteiger partial charge in [-0.1, -0.05) is 25.1 Å². The van der Waals surface area contributed by atoms with E-state index in [9.17, 15) is 14.9 Å². The van der Waals surface area contributed by atoms with Crippen LogP contribution in [0, 0.1) is 17.0 Å². The Morgan fingerprint density at radius 2 is 1.73 bits per heavy atom. The smallest absolute Gasteiger partial charge is 0.273 e. The Morgan fingerprint density at radius 1 is 1.08 bits per heavy atom. The van der Waals surface area contributed by atoms with Gasteiger partial charge in [0.1, 0.15) is 0 Å². The number of nitrogens with zero attached hydrogens (tertiary/aromatic N) is 3. The van der Waals surface area contributed by atoms with E-state index >= 15 is 0 Å². The number of rotatable bonds is 4. The molecule has 0 atom stereocenters. The maximum Gasteiger partial charge on any atom is 0.273 e. The lowest BCUT2D eigenvalue weighted by Gasteiger charge is -2.36. The molecule has 1 heterocycles. The first-order chi connectivity index (χ1) is 12.5. The van der Waals surface area contributed by atoms with Gasteiger partial charge in [0.15, 0.2) is 0 Å². The zero-order chi connectivity index (χ0) is 18.7. The second-order valence-electron chi connectivity index (χ2n) is 6.51. The van der Waals surface area contributed by atoms with Crippen molar-refractivity contribution in [1.82, 2.24) is 4.90 Å². The third-order valence-electron chi connectivity index (χ3n) is 5.01. The molecule has 0 spiro atoms. The molecule has 0 unspecified atom stereocenters. The summed E-state index contributed by atoms with van der Waals surface area (Å²) in [4.78, 5) is 27.5. The third-order valence-corrected chi connectivity index (χ3v) is 5.01. The standard InChI is InChI=1S/C20H23N3O3/c1-3-16-7-9-17(10-8-16)21-11-13-22(14-12-21)20(24)18-5-4-6-19(15(18)2)23(25)26/h4-10H,3,11-14H2,1-2H3. The van der Waals surface area contributed by atoms with Gasteiger partial charge in [-0.3, -0.25) is 14.9 Å². The van der Waals surface area contributed by atoms with E-state index in [1.54, 1.807) is 24.0 Å². The molecule has 6 heteroatoms. The highest BCUT2D eigenvalue weighted by Gasteiger charge is 2.25. The molecule has 1 aliphatic rings. The van der Waals surface area contributed by atoms with Gasteiger partial charge in [-0.15, -0.1) is 0 Å². The minimum absolute atomic E-state index is 0.00880. The molecule has 1 saturated heterocycles. The molecular weight excluding hydrogens is 330 g/mol. The zero-order valence-electron chi connectivity index (χ0n) is 15.1. The molecule has 1 amide bonds. The summed E-state index contributed by atoms with van der Waals surface area (Å²) in [7, 11) is 0. The summed E-state index contributed by atoms with van der Waals surface area (Å²) in [6, 6.07) is 13.2. The fourth-order valence-electron chi connectivity index (χ4n) is 3.33. The maximum atomic E-state index is 12.8. The van der Waals surface area contributed by atoms with Gasteiger partial charge in [-0.05, 0) is 37.1 Å². The minimum Gasteiger partial charge on any atom is -0.368 e. The first-order valence-corrected chi connectivity index (χ1v) is 8.88. The summed E-state index contributed by atoms with van der Waals surface area (Å²) in [6.07, 6.45) is 1.02. The summed E-state index contributed by atoms with van der Waals surface area (Å²) in [5.41, 5.74) is 3.31. The number of carbonyl (C=O) groups is 1. The molecule has 0 saturated carbocycles. The number of hydrogen-bond acceptors (Lipinski definition) is 4. The lowest BCUT2D eigenvalue weighted by molar-refractivity contribution is -0.385. The first kappa shape index (κ1) is 17.9. The van der Waals surface area contributed by atoms with Gasteiger partial charge < -0.3 is 9.80 Å².